The Kier molecular flexibility index (Phi) is 30.1. The van der Waals surface area contributed by atoms with E-state index >= 15 is 0 Å². The van der Waals surface area contributed by atoms with Gasteiger partial charge in [-0.1, -0.05) is 7.60 Å². The Labute approximate surface area is 193 Å². The van der Waals surface area contributed by atoms with Gasteiger partial charge in [-0.25, -0.2) is 0 Å². The standard InChI is InChI=1S/C6H11O7P.4Na/c7-5(8)2-1-4(6(9)10)3-14(11,12)13;;;;/h4H,1-3H2,(H,7,8)(H,9,10)(H2,11,12,13);;;;/q;4*+1/p-4. The molecule has 0 aliphatic heterocycles. The Balaban J connectivity index is -0.000000141. The summed E-state index contributed by atoms with van der Waals surface area (Å²) in [4.78, 5) is 40.6. The number of carboxylic acids is 2. The van der Waals surface area contributed by atoms with Crippen molar-refractivity contribution in [2.24, 2.45) is 5.92 Å². The molecule has 0 radical (unpaired) electrons. The van der Waals surface area contributed by atoms with Crippen LogP contribution in [0.5, 0.6) is 0 Å². The third kappa shape index (κ3) is 21.4. The van der Waals surface area contributed by atoms with Crippen LogP contribution >= 0.6 is 7.60 Å². The van der Waals surface area contributed by atoms with Gasteiger partial charge in [0.05, 0.1) is 0 Å². The third-order valence-electron chi connectivity index (χ3n) is 1.47. The SMILES string of the molecule is O=C([O-])CCC(CP(=O)([O-])[O-])C(=O)[O-].[Na+].[Na+].[Na+].[Na+]. The molecule has 0 aliphatic rings. The normalized spacial score (nSPS) is 10.6. The number of carboxylic acid groups (broad SMARTS) is 2. The first-order chi connectivity index (χ1) is 6.22. The predicted molar refractivity (Wildman–Crippen MR) is 35.2 cm³/mol. The van der Waals surface area contributed by atoms with Gasteiger partial charge in [0, 0.05) is 17.9 Å². The average Bonchev–Trinajstić information content (AvgIpc) is 1.94. The summed E-state index contributed by atoms with van der Waals surface area (Å²) < 4.78 is 10.2. The van der Waals surface area contributed by atoms with E-state index in [0.717, 1.165) is 0 Å². The van der Waals surface area contributed by atoms with Crippen molar-refractivity contribution in [1.82, 2.24) is 0 Å². The van der Waals surface area contributed by atoms with Crippen molar-refractivity contribution in [3.8, 4) is 0 Å². The number of carbonyl (C=O) groups is 2. The predicted octanol–water partition coefficient (Wildman–Crippen LogP) is -16.2. The second-order valence-corrected chi connectivity index (χ2v) is 4.31. The van der Waals surface area contributed by atoms with E-state index in [2.05, 4.69) is 0 Å². The van der Waals surface area contributed by atoms with E-state index in [1.807, 2.05) is 0 Å². The minimum atomic E-state index is -4.97. The van der Waals surface area contributed by atoms with Crippen molar-refractivity contribution in [3.63, 3.8) is 0 Å². The molecule has 0 aromatic heterocycles. The summed E-state index contributed by atoms with van der Waals surface area (Å²) in [6, 6.07) is 0. The summed E-state index contributed by atoms with van der Waals surface area (Å²) in [5.41, 5.74) is 0. The first kappa shape index (κ1) is 32.9. The molecule has 0 saturated carbocycles. The van der Waals surface area contributed by atoms with Crippen LogP contribution in [0.15, 0.2) is 0 Å². The van der Waals surface area contributed by atoms with E-state index in [-0.39, 0.29) is 118 Å². The Morgan fingerprint density at radius 2 is 1.39 bits per heavy atom. The molecule has 82 valence electrons. The zero-order valence-corrected chi connectivity index (χ0v) is 19.9. The first-order valence-corrected chi connectivity index (χ1v) is 5.37. The molecule has 0 aromatic rings. The molecule has 7 nitrogen and oxygen atoms in total. The van der Waals surface area contributed by atoms with Crippen molar-refractivity contribution < 1.29 is 152 Å². The van der Waals surface area contributed by atoms with Crippen LogP contribution in [0.3, 0.4) is 0 Å². The van der Waals surface area contributed by atoms with Crippen LogP contribution in [0.1, 0.15) is 12.8 Å². The van der Waals surface area contributed by atoms with Gasteiger partial charge in [0.1, 0.15) is 0 Å². The van der Waals surface area contributed by atoms with E-state index in [0.29, 0.717) is 0 Å². The maximum absolute atomic E-state index is 10.3. The van der Waals surface area contributed by atoms with E-state index in [4.69, 9.17) is 0 Å². The molecule has 0 N–H and O–H groups in total. The van der Waals surface area contributed by atoms with Crippen molar-refractivity contribution in [2.75, 3.05) is 6.16 Å². The first-order valence-electron chi connectivity index (χ1n) is 3.64. The molecular formula is C6H7Na4O7P. The molecule has 0 saturated heterocycles. The molecule has 1 atom stereocenters. The number of aliphatic carboxylic acids is 2. The van der Waals surface area contributed by atoms with Crippen LogP contribution in [0.4, 0.5) is 0 Å². The van der Waals surface area contributed by atoms with Crippen LogP contribution in [0.25, 0.3) is 0 Å². The number of carbonyl (C=O) groups excluding carboxylic acids is 2. The van der Waals surface area contributed by atoms with Crippen molar-refractivity contribution >= 4 is 19.5 Å². The second-order valence-electron chi connectivity index (χ2n) is 2.72. The topological polar surface area (TPSA) is 143 Å². The number of hydrogen-bond acceptors (Lipinski definition) is 7. The Hall–Kier alpha value is 3.09. The van der Waals surface area contributed by atoms with Crippen LogP contribution < -0.4 is 138 Å². The van der Waals surface area contributed by atoms with E-state index < -0.39 is 44.5 Å². The van der Waals surface area contributed by atoms with Gasteiger partial charge in [-0.3, -0.25) is 0 Å². The maximum atomic E-state index is 10.3. The summed E-state index contributed by atoms with van der Waals surface area (Å²) in [6.45, 7) is 0. The zero-order valence-electron chi connectivity index (χ0n) is 11.0. The summed E-state index contributed by atoms with van der Waals surface area (Å²) >= 11 is 0. The molecule has 1 unspecified atom stereocenters. The number of rotatable bonds is 6. The van der Waals surface area contributed by atoms with Gasteiger partial charge in [0.15, 0.2) is 0 Å². The van der Waals surface area contributed by atoms with Gasteiger partial charge in [0.2, 0.25) is 0 Å². The van der Waals surface area contributed by atoms with Gasteiger partial charge in [-0.05, 0) is 19.0 Å². The fourth-order valence-electron chi connectivity index (χ4n) is 0.846. The summed E-state index contributed by atoms with van der Waals surface area (Å²) in [5, 5.41) is 20.2. The van der Waals surface area contributed by atoms with Crippen LogP contribution in [0.2, 0.25) is 0 Å². The summed E-state index contributed by atoms with van der Waals surface area (Å²) in [5.74, 6) is -4.85. The van der Waals surface area contributed by atoms with E-state index in [9.17, 15) is 34.2 Å². The summed E-state index contributed by atoms with van der Waals surface area (Å²) in [6.07, 6.45) is -2.25. The van der Waals surface area contributed by atoms with Crippen molar-refractivity contribution in [2.45, 2.75) is 12.8 Å². The Morgan fingerprint density at radius 3 is 1.61 bits per heavy atom. The summed E-state index contributed by atoms with van der Waals surface area (Å²) in [7, 11) is -4.97. The second kappa shape index (κ2) is 16.5. The van der Waals surface area contributed by atoms with Crippen molar-refractivity contribution in [1.29, 1.82) is 0 Å². The van der Waals surface area contributed by atoms with E-state index in [1.165, 1.54) is 0 Å². The Morgan fingerprint density at radius 1 is 1.00 bits per heavy atom. The van der Waals surface area contributed by atoms with Crippen LogP contribution in [-0.4, -0.2) is 18.1 Å². The minimum absolute atomic E-state index is 0. The molecule has 0 spiro atoms. The van der Waals surface area contributed by atoms with E-state index in [1.54, 1.807) is 0 Å². The molecule has 0 bridgehead atoms. The monoisotopic (exact) mass is 314 g/mol. The fourth-order valence-corrected chi connectivity index (χ4v) is 1.72. The molecule has 0 aromatic carbocycles. The molecule has 0 fully saturated rings. The van der Waals surface area contributed by atoms with Crippen LogP contribution in [-0.2, 0) is 14.2 Å². The number of hydrogen-bond donors (Lipinski definition) is 0. The molecule has 12 heteroatoms. The molecule has 0 amide bonds. The van der Waals surface area contributed by atoms with Crippen molar-refractivity contribution in [3.05, 3.63) is 0 Å². The molecule has 0 aliphatic carbocycles. The van der Waals surface area contributed by atoms with Crippen LogP contribution in [0, 0.1) is 5.92 Å². The zero-order chi connectivity index (χ0) is 11.4. The smallest absolute Gasteiger partial charge is 0.811 e. The van der Waals surface area contributed by atoms with Gasteiger partial charge < -0.3 is 34.2 Å². The van der Waals surface area contributed by atoms with Gasteiger partial charge in [-0.2, -0.15) is 0 Å². The van der Waals surface area contributed by atoms with Gasteiger partial charge in [0.25, 0.3) is 0 Å². The van der Waals surface area contributed by atoms with Gasteiger partial charge in [-0.15, -0.1) is 0 Å². The molecule has 18 heavy (non-hydrogen) atoms. The maximum Gasteiger partial charge on any atom is 1.00 e. The molecule has 0 rings (SSSR count). The van der Waals surface area contributed by atoms with Gasteiger partial charge >= 0.3 is 118 Å². The Bertz CT molecular complexity index is 281. The fraction of sp³-hybridized carbons (Fsp3) is 0.667. The molecule has 0 heterocycles. The minimum Gasteiger partial charge on any atom is -0.811 e. The molecular weight excluding hydrogens is 307 g/mol. The average molecular weight is 314 g/mol. The third-order valence-corrected chi connectivity index (χ3v) is 2.36. The largest absolute Gasteiger partial charge is 1.00 e. The quantitative estimate of drug-likeness (QED) is 0.350.